The highest BCUT2D eigenvalue weighted by Gasteiger charge is 2.42. The first-order valence-corrected chi connectivity index (χ1v) is 8.39. The number of rotatable bonds is 3. The molecular formula is C20H18N4. The first-order chi connectivity index (χ1) is 11.9. The quantitative estimate of drug-likeness (QED) is 0.784. The zero-order valence-electron chi connectivity index (χ0n) is 13.3. The molecule has 24 heavy (non-hydrogen) atoms. The van der Waals surface area contributed by atoms with E-state index in [0.717, 1.165) is 18.1 Å². The predicted molar refractivity (Wildman–Crippen MR) is 95.6 cm³/mol. The van der Waals surface area contributed by atoms with E-state index in [0.29, 0.717) is 17.9 Å². The van der Waals surface area contributed by atoms with E-state index in [1.807, 2.05) is 42.6 Å². The first kappa shape index (κ1) is 13.5. The number of hydrogen-bond acceptors (Lipinski definition) is 4. The fourth-order valence-electron chi connectivity index (χ4n) is 4.02. The molecule has 0 amide bonds. The van der Waals surface area contributed by atoms with Gasteiger partial charge in [0.05, 0.1) is 6.04 Å². The highest BCUT2D eigenvalue weighted by atomic mass is 15.3. The van der Waals surface area contributed by atoms with Crippen molar-refractivity contribution in [2.75, 3.05) is 16.8 Å². The minimum Gasteiger partial charge on any atom is -0.349 e. The summed E-state index contributed by atoms with van der Waals surface area (Å²) < 4.78 is 0. The SMILES string of the molecule is c1ccc(Nc2nccc(N3C[C@H]4C[C@H]3c3ccccc34)n2)cc1. The molecule has 1 saturated heterocycles. The monoisotopic (exact) mass is 314 g/mol. The van der Waals surface area contributed by atoms with Crippen molar-refractivity contribution in [3.05, 3.63) is 78.0 Å². The Balaban J connectivity index is 1.44. The topological polar surface area (TPSA) is 41.1 Å². The second-order valence-corrected chi connectivity index (χ2v) is 6.46. The van der Waals surface area contributed by atoms with Crippen LogP contribution in [0.15, 0.2) is 66.9 Å². The molecular weight excluding hydrogens is 296 g/mol. The lowest BCUT2D eigenvalue weighted by molar-refractivity contribution is 0.729. The molecule has 3 aromatic rings. The maximum absolute atomic E-state index is 4.75. The smallest absolute Gasteiger partial charge is 0.229 e. The number of benzene rings is 2. The molecule has 1 aromatic heterocycles. The number of anilines is 3. The van der Waals surface area contributed by atoms with Crippen molar-refractivity contribution in [2.24, 2.45) is 0 Å². The third-order valence-electron chi connectivity index (χ3n) is 5.06. The Morgan fingerprint density at radius 3 is 2.58 bits per heavy atom. The summed E-state index contributed by atoms with van der Waals surface area (Å²) in [5.41, 5.74) is 3.99. The minimum atomic E-state index is 0.450. The van der Waals surface area contributed by atoms with E-state index >= 15 is 0 Å². The average molecular weight is 314 g/mol. The van der Waals surface area contributed by atoms with E-state index < -0.39 is 0 Å². The van der Waals surface area contributed by atoms with Crippen molar-refractivity contribution < 1.29 is 0 Å². The third-order valence-corrected chi connectivity index (χ3v) is 5.06. The number of nitrogens with zero attached hydrogens (tertiary/aromatic N) is 3. The zero-order valence-corrected chi connectivity index (χ0v) is 13.3. The molecule has 4 nitrogen and oxygen atoms in total. The molecule has 2 aliphatic rings. The van der Waals surface area contributed by atoms with Gasteiger partial charge in [0.15, 0.2) is 0 Å². The number of fused-ring (bicyclic) bond motifs is 5. The Morgan fingerprint density at radius 2 is 1.71 bits per heavy atom. The standard InChI is InChI=1S/C20H18N4/c1-2-6-15(7-3-1)22-20-21-11-10-19(23-20)24-13-14-12-18(24)17-9-5-4-8-16(14)17/h1-11,14,18H,12-13H2,(H,21,22,23)/t14-,18+/m1/s1. The van der Waals surface area contributed by atoms with Crippen LogP contribution in [-0.2, 0) is 0 Å². The highest BCUT2D eigenvalue weighted by Crippen LogP contribution is 2.51. The largest absolute Gasteiger partial charge is 0.349 e. The van der Waals surface area contributed by atoms with Crippen LogP contribution in [0.2, 0.25) is 0 Å². The van der Waals surface area contributed by atoms with Gasteiger partial charge in [-0.25, -0.2) is 4.98 Å². The number of aromatic nitrogens is 2. The summed E-state index contributed by atoms with van der Waals surface area (Å²) in [7, 11) is 0. The van der Waals surface area contributed by atoms with Crippen molar-refractivity contribution in [1.29, 1.82) is 0 Å². The molecule has 4 heteroatoms. The van der Waals surface area contributed by atoms with E-state index in [2.05, 4.69) is 39.5 Å². The zero-order chi connectivity index (χ0) is 15.9. The van der Waals surface area contributed by atoms with Gasteiger partial charge in [0.1, 0.15) is 5.82 Å². The van der Waals surface area contributed by atoms with Gasteiger partial charge in [0.2, 0.25) is 5.95 Å². The fraction of sp³-hybridized carbons (Fsp3) is 0.200. The van der Waals surface area contributed by atoms with E-state index in [9.17, 15) is 0 Å². The Kier molecular flexibility index (Phi) is 3.01. The van der Waals surface area contributed by atoms with Gasteiger partial charge in [-0.05, 0) is 35.7 Å². The fourth-order valence-corrected chi connectivity index (χ4v) is 4.02. The van der Waals surface area contributed by atoms with Crippen LogP contribution in [0, 0.1) is 0 Å². The predicted octanol–water partition coefficient (Wildman–Crippen LogP) is 4.27. The van der Waals surface area contributed by atoms with Crippen LogP contribution in [0.4, 0.5) is 17.5 Å². The van der Waals surface area contributed by atoms with Gasteiger partial charge >= 0.3 is 0 Å². The molecule has 2 aromatic carbocycles. The molecule has 1 N–H and O–H groups in total. The molecule has 0 radical (unpaired) electrons. The second-order valence-electron chi connectivity index (χ2n) is 6.46. The molecule has 0 unspecified atom stereocenters. The highest BCUT2D eigenvalue weighted by molar-refractivity contribution is 5.57. The van der Waals surface area contributed by atoms with E-state index in [1.54, 1.807) is 0 Å². The van der Waals surface area contributed by atoms with Gasteiger partial charge in [0.25, 0.3) is 0 Å². The lowest BCUT2D eigenvalue weighted by Crippen LogP contribution is -2.28. The summed E-state index contributed by atoms with van der Waals surface area (Å²) in [4.78, 5) is 11.5. The molecule has 0 saturated carbocycles. The van der Waals surface area contributed by atoms with E-state index in [-0.39, 0.29) is 0 Å². The Bertz CT molecular complexity index is 878. The van der Waals surface area contributed by atoms with Crippen molar-refractivity contribution >= 4 is 17.5 Å². The van der Waals surface area contributed by atoms with Gasteiger partial charge in [-0.15, -0.1) is 0 Å². The van der Waals surface area contributed by atoms with Crippen molar-refractivity contribution in [1.82, 2.24) is 9.97 Å². The van der Waals surface area contributed by atoms with Gasteiger partial charge in [-0.2, -0.15) is 4.98 Å². The molecule has 1 fully saturated rings. The van der Waals surface area contributed by atoms with Crippen LogP contribution in [0.1, 0.15) is 29.5 Å². The van der Waals surface area contributed by atoms with Crippen LogP contribution in [0.5, 0.6) is 0 Å². The van der Waals surface area contributed by atoms with Gasteiger partial charge in [-0.3, -0.25) is 0 Å². The average Bonchev–Trinajstić information content (AvgIpc) is 3.23. The lowest BCUT2D eigenvalue weighted by atomic mass is 9.99. The van der Waals surface area contributed by atoms with Crippen LogP contribution in [0.25, 0.3) is 0 Å². The number of hydrogen-bond donors (Lipinski definition) is 1. The third kappa shape index (κ3) is 2.14. The second kappa shape index (κ2) is 5.34. The summed E-state index contributed by atoms with van der Waals surface area (Å²) in [6.45, 7) is 1.05. The summed E-state index contributed by atoms with van der Waals surface area (Å²) in [5, 5.41) is 3.28. The minimum absolute atomic E-state index is 0.450. The molecule has 2 bridgehead atoms. The van der Waals surface area contributed by atoms with Crippen molar-refractivity contribution in [3.8, 4) is 0 Å². The van der Waals surface area contributed by atoms with E-state index in [4.69, 9.17) is 4.98 Å². The summed E-state index contributed by atoms with van der Waals surface area (Å²) in [6.07, 6.45) is 3.04. The summed E-state index contributed by atoms with van der Waals surface area (Å²) >= 11 is 0. The Morgan fingerprint density at radius 1 is 0.917 bits per heavy atom. The maximum atomic E-state index is 4.75. The van der Waals surface area contributed by atoms with Crippen LogP contribution >= 0.6 is 0 Å². The molecule has 118 valence electrons. The first-order valence-electron chi connectivity index (χ1n) is 8.39. The molecule has 2 atom stereocenters. The van der Waals surface area contributed by atoms with Crippen molar-refractivity contribution in [2.45, 2.75) is 18.4 Å². The van der Waals surface area contributed by atoms with E-state index in [1.165, 1.54) is 17.5 Å². The molecule has 2 heterocycles. The lowest BCUT2D eigenvalue weighted by Gasteiger charge is -2.30. The Hall–Kier alpha value is -2.88. The Labute approximate surface area is 141 Å². The molecule has 5 rings (SSSR count). The molecule has 0 spiro atoms. The molecule has 1 aliphatic carbocycles. The normalized spacial score (nSPS) is 20.9. The van der Waals surface area contributed by atoms with Crippen LogP contribution < -0.4 is 10.2 Å². The van der Waals surface area contributed by atoms with Gasteiger partial charge in [0, 0.05) is 24.3 Å². The number of para-hydroxylation sites is 1. The van der Waals surface area contributed by atoms with Gasteiger partial charge < -0.3 is 10.2 Å². The summed E-state index contributed by atoms with van der Waals surface area (Å²) in [5.74, 6) is 2.28. The van der Waals surface area contributed by atoms with Crippen molar-refractivity contribution in [3.63, 3.8) is 0 Å². The van der Waals surface area contributed by atoms with Gasteiger partial charge in [-0.1, -0.05) is 42.5 Å². The summed E-state index contributed by atoms with van der Waals surface area (Å²) in [6, 6.07) is 21.3. The molecule has 1 aliphatic heterocycles. The van der Waals surface area contributed by atoms with Crippen LogP contribution in [-0.4, -0.2) is 16.5 Å². The van der Waals surface area contributed by atoms with Crippen LogP contribution in [0.3, 0.4) is 0 Å². The number of nitrogens with one attached hydrogen (secondary N) is 1. The maximum Gasteiger partial charge on any atom is 0.229 e.